The zero-order valence-corrected chi connectivity index (χ0v) is 48.1. The molecule has 13 nitrogen and oxygen atoms in total. The van der Waals surface area contributed by atoms with E-state index in [1.165, 1.54) is 64.1 Å². The Morgan fingerprint density at radius 3 is 1.18 bits per heavy atom. The van der Waals surface area contributed by atoms with Crippen molar-refractivity contribution in [1.82, 2.24) is 5.32 Å². The number of aliphatic hydroxyl groups is 1. The normalized spacial score (nSPS) is 10.9. The molecular formula is C49H104N4O9S3. The summed E-state index contributed by atoms with van der Waals surface area (Å²) in [6.07, 6.45) is 31.0. The first-order valence-electron chi connectivity index (χ1n) is 20.6. The van der Waals surface area contributed by atoms with Crippen molar-refractivity contribution >= 4 is 58.5 Å². The Labute approximate surface area is 414 Å². The molecule has 0 aromatic rings. The number of hydrogen-bond acceptors (Lipinski definition) is 13. The number of unbranched alkanes of at least 4 members (excludes halogenated alkanes) is 2. The van der Waals surface area contributed by atoms with Crippen LogP contribution in [-0.2, 0) is 29.2 Å². The molecule has 2 atom stereocenters. The third-order valence-corrected chi connectivity index (χ3v) is 3.82. The highest BCUT2D eigenvalue weighted by molar-refractivity contribution is 7.85. The molecule has 0 aromatic heterocycles. The van der Waals surface area contributed by atoms with E-state index in [9.17, 15) is 8.42 Å². The number of allylic oxidation sites excluding steroid dienone is 10. The summed E-state index contributed by atoms with van der Waals surface area (Å²) in [6.45, 7) is 42.0. The van der Waals surface area contributed by atoms with Crippen molar-refractivity contribution in [1.29, 1.82) is 0 Å². The number of carboxylic acid groups (broad SMARTS) is 1. The number of nitrogens with one attached hydrogen (secondary N) is 1. The second kappa shape index (κ2) is 137. The fourth-order valence-corrected chi connectivity index (χ4v) is 0.938. The number of thiocarbonyl (C=S) groups is 1. The molecule has 0 bridgehead atoms. The summed E-state index contributed by atoms with van der Waals surface area (Å²) < 4.78 is 30.6. The zero-order valence-electron chi connectivity index (χ0n) is 45.6. The van der Waals surface area contributed by atoms with E-state index in [1.54, 1.807) is 26.3 Å². The number of aliphatic hydroxyl groups excluding tert-OH is 1. The van der Waals surface area contributed by atoms with Gasteiger partial charge in [-0.25, -0.2) is 14.8 Å². The number of nitrogens with two attached hydrogens (primary N) is 1. The average molecular weight is 990 g/mol. The highest BCUT2D eigenvalue weighted by atomic mass is 32.2. The van der Waals surface area contributed by atoms with Gasteiger partial charge in [-0.1, -0.05) is 86.4 Å². The highest BCUT2D eigenvalue weighted by Gasteiger charge is 2.13. The quantitative estimate of drug-likeness (QED) is 0.0148. The van der Waals surface area contributed by atoms with Gasteiger partial charge in [-0.15, -0.1) is 25.5 Å². The predicted molar refractivity (Wildman–Crippen MR) is 299 cm³/mol. The number of carbonyl (C=O) groups excluding carboxylic acids is 2. The Balaban J connectivity index is -0.0000000317. The number of carbonyl (C=O) groups is 2. The van der Waals surface area contributed by atoms with Gasteiger partial charge in [0.15, 0.2) is 0 Å². The highest BCUT2D eigenvalue weighted by Crippen LogP contribution is 2.04. The number of ether oxygens (including phenoxy) is 1. The Bertz CT molecular complexity index is 1110. The number of terminal acetylenes is 1. The number of hydrogen-bond donors (Lipinski definition) is 6. The summed E-state index contributed by atoms with van der Waals surface area (Å²) >= 11 is 7.66. The van der Waals surface area contributed by atoms with E-state index in [0.717, 1.165) is 39.4 Å². The molecule has 0 aliphatic carbocycles. The van der Waals surface area contributed by atoms with Gasteiger partial charge in [0.2, 0.25) is 6.08 Å². The van der Waals surface area contributed by atoms with Crippen LogP contribution in [0.3, 0.4) is 0 Å². The molecule has 2 aliphatic heterocycles. The Morgan fingerprint density at radius 2 is 1.14 bits per heavy atom. The molecule has 2 heterocycles. The standard InChI is InChI=1S/C7H14.2C5H10.2C4H8.C3H7N.C3H6O.C3H6.C3H4.C2H3NO.C2H3NS.C2H4O2.C2H4O.CH5N.CH4O3S.CH4O.CH4S/c1-3-5-7-6-4-2;1-4-5(2)3;1-3-5-4-2;1-4(2)3;1-3-4-2;2*1-3-2-4-3;2*1-3-2;2*1-3-2-4;1-2(3)4;1-2-3;1-2;1-5(2,3)4;2*1-2/h3,5H,4,6-7H2,1-2H3;4H,1-3H3;3,5H,4H2,1-2H3;1H2,2-3H3;3-4H,1-2H3;3-4H,2H2,1H3;3H,2H2,1H3;3H,1H2,2H3;1H,2H3;2*1H3;1H3,(H,3,4);2H,1H3;2H2,1H3;1H3,(H,2,3,4);2*2H,1H3. The summed E-state index contributed by atoms with van der Waals surface area (Å²) in [4.78, 5) is 32.9. The molecule has 16 heteroatoms. The van der Waals surface area contributed by atoms with E-state index in [2.05, 4.69) is 155 Å². The second-order valence-electron chi connectivity index (χ2n) is 11.2. The summed E-state index contributed by atoms with van der Waals surface area (Å²) in [7, 11) is 1.81. The van der Waals surface area contributed by atoms with Crippen molar-refractivity contribution in [3.8, 4) is 12.3 Å². The predicted octanol–water partition coefficient (Wildman–Crippen LogP) is 12.3. The van der Waals surface area contributed by atoms with Gasteiger partial charge in [0, 0.05) is 40.7 Å². The lowest BCUT2D eigenvalue weighted by molar-refractivity contribution is -0.134. The molecule has 2 fully saturated rings. The van der Waals surface area contributed by atoms with Crippen molar-refractivity contribution in [3.63, 3.8) is 0 Å². The molecule has 2 aliphatic rings. The van der Waals surface area contributed by atoms with E-state index >= 15 is 0 Å². The Kier molecular flexibility index (Phi) is 220. The Hall–Kier alpha value is -3.58. The first-order chi connectivity index (χ1) is 30.3. The van der Waals surface area contributed by atoms with E-state index in [-0.39, 0.29) is 0 Å². The van der Waals surface area contributed by atoms with E-state index in [1.807, 2.05) is 60.6 Å². The van der Waals surface area contributed by atoms with E-state index in [4.69, 9.17) is 33.9 Å². The summed E-state index contributed by atoms with van der Waals surface area (Å²) in [5.41, 5.74) is 7.05. The number of aldehydes is 1. The van der Waals surface area contributed by atoms with Crippen LogP contribution in [0.5, 0.6) is 0 Å². The number of thiol groups is 1. The van der Waals surface area contributed by atoms with Crippen LogP contribution in [-0.4, -0.2) is 113 Å². The van der Waals surface area contributed by atoms with Crippen molar-refractivity contribution < 1.29 is 42.3 Å². The number of aliphatic imine (C=N–C) groups is 2. The fraction of sp³-hybridized carbons (Fsp3) is 0.633. The first kappa shape index (κ1) is 104. The molecule has 0 saturated carbocycles. The second-order valence-corrected chi connectivity index (χ2v) is 12.8. The van der Waals surface area contributed by atoms with Crippen LogP contribution in [0.4, 0.5) is 0 Å². The van der Waals surface area contributed by atoms with Crippen LogP contribution in [0.25, 0.3) is 0 Å². The maximum atomic E-state index is 9.19. The summed E-state index contributed by atoms with van der Waals surface area (Å²) in [6, 6.07) is 0.833. The molecule has 2 saturated heterocycles. The topological polar surface area (TPSA) is 231 Å². The molecule has 65 heavy (non-hydrogen) atoms. The van der Waals surface area contributed by atoms with Crippen LogP contribution in [0, 0.1) is 12.3 Å². The number of isocyanates is 1. The summed E-state index contributed by atoms with van der Waals surface area (Å²) in [5.74, 6) is 1.42. The van der Waals surface area contributed by atoms with Crippen LogP contribution in [0.1, 0.15) is 143 Å². The minimum absolute atomic E-state index is 0.583. The van der Waals surface area contributed by atoms with Crippen molar-refractivity contribution in [2.24, 2.45) is 15.7 Å². The molecule has 0 radical (unpaired) electrons. The van der Waals surface area contributed by atoms with Crippen molar-refractivity contribution in [3.05, 3.63) is 72.9 Å². The lowest BCUT2D eigenvalue weighted by Crippen LogP contribution is -1.88. The van der Waals surface area contributed by atoms with E-state index in [0.29, 0.717) is 12.4 Å². The molecular weight excluding hydrogens is 885 g/mol. The van der Waals surface area contributed by atoms with Crippen LogP contribution in [0.15, 0.2) is 82.9 Å². The lowest BCUT2D eigenvalue weighted by atomic mass is 10.2. The van der Waals surface area contributed by atoms with Gasteiger partial charge in [-0.05, 0) is 135 Å². The molecule has 0 aromatic carbocycles. The van der Waals surface area contributed by atoms with Crippen molar-refractivity contribution in [2.75, 3.05) is 53.9 Å². The van der Waals surface area contributed by atoms with Gasteiger partial charge in [0.1, 0.15) is 6.29 Å². The largest absolute Gasteiger partial charge is 0.481 e. The third-order valence-electron chi connectivity index (χ3n) is 3.64. The number of carboxylic acids is 1. The molecule has 0 amide bonds. The number of rotatable bonds is 4. The van der Waals surface area contributed by atoms with Gasteiger partial charge in [-0.2, -0.15) is 21.0 Å². The monoisotopic (exact) mass is 989 g/mol. The minimum atomic E-state index is -3.67. The maximum absolute atomic E-state index is 9.19. The molecule has 392 valence electrons. The van der Waals surface area contributed by atoms with Crippen LogP contribution >= 0.6 is 24.8 Å². The third kappa shape index (κ3) is 1140. The van der Waals surface area contributed by atoms with Gasteiger partial charge in [-0.3, -0.25) is 9.35 Å². The Morgan fingerprint density at radius 1 is 0.938 bits per heavy atom. The number of aliphatic carboxylic acids is 1. The summed E-state index contributed by atoms with van der Waals surface area (Å²) in [5, 5.41) is 19.7. The SMILES string of the molecule is C#CC.C=C(C)C.C=CC.CC(=O)O.CC1CN1.CC1CO1.CC=C(C)C.CC=CC.CC=CCC.CC=CCCCC.CC=O.CN.CN=C=O.CN=C=S.CO.CS.CS(=O)(=O)O. The van der Waals surface area contributed by atoms with Crippen LogP contribution in [0.2, 0.25) is 0 Å². The number of nitrogens with zero attached hydrogens (tertiary/aromatic N) is 2. The smallest absolute Gasteiger partial charge is 0.300 e. The first-order valence-corrected chi connectivity index (χ1v) is 23.7. The number of epoxide rings is 1. The minimum Gasteiger partial charge on any atom is -0.481 e. The van der Waals surface area contributed by atoms with Gasteiger partial charge < -0.3 is 30.8 Å². The van der Waals surface area contributed by atoms with Crippen LogP contribution < -0.4 is 11.1 Å². The molecule has 2 unspecified atom stereocenters. The molecule has 0 spiro atoms. The molecule has 6 N–H and O–H groups in total. The molecule has 2 rings (SSSR count). The maximum Gasteiger partial charge on any atom is 0.300 e. The number of isothiocyanates is 1. The lowest BCUT2D eigenvalue weighted by Gasteiger charge is -1.83. The fourth-order valence-electron chi connectivity index (χ4n) is 0.938. The zero-order chi connectivity index (χ0) is 55.9. The van der Waals surface area contributed by atoms with Crippen molar-refractivity contribution in [2.45, 2.75) is 156 Å². The van der Waals surface area contributed by atoms with Gasteiger partial charge in [0.05, 0.1) is 24.1 Å². The average Bonchev–Trinajstić information content (AvgIpc) is 4.21. The van der Waals surface area contributed by atoms with Gasteiger partial charge >= 0.3 is 0 Å². The van der Waals surface area contributed by atoms with Gasteiger partial charge in [0.25, 0.3) is 16.1 Å². The van der Waals surface area contributed by atoms with E-state index < -0.39 is 16.1 Å².